The minimum Gasteiger partial charge on any atom is -0.460 e. The fourth-order valence-corrected chi connectivity index (χ4v) is 4.75. The number of dihydropyridines is 1. The normalized spacial score (nSPS) is 15.0. The van der Waals surface area contributed by atoms with E-state index in [-0.39, 0.29) is 41.7 Å². The van der Waals surface area contributed by atoms with E-state index in [9.17, 15) is 25.0 Å². The van der Waals surface area contributed by atoms with E-state index in [1.807, 2.05) is 0 Å². The number of rotatable bonds is 10. The largest absolute Gasteiger partial charge is 0.460 e. The first kappa shape index (κ1) is 27.7. The molecule has 0 saturated carbocycles. The quantitative estimate of drug-likeness (QED) is 0.192. The summed E-state index contributed by atoms with van der Waals surface area (Å²) in [6, 6.07) is 14.5. The van der Waals surface area contributed by atoms with Gasteiger partial charge in [-0.3, -0.25) is 14.9 Å². The summed E-state index contributed by atoms with van der Waals surface area (Å²) >= 11 is 7.55. The number of allylic oxidation sites excluding steroid dienone is 2. The molecule has 0 saturated heterocycles. The van der Waals surface area contributed by atoms with Crippen molar-refractivity contribution in [3.63, 3.8) is 0 Å². The Hall–Kier alpha value is -3.85. The van der Waals surface area contributed by atoms with Crippen LogP contribution < -0.4 is 10.6 Å². The van der Waals surface area contributed by atoms with Crippen LogP contribution in [0.1, 0.15) is 18.4 Å². The summed E-state index contributed by atoms with van der Waals surface area (Å²) in [5, 5.41) is 27.4. The number of anilines is 1. The molecule has 1 unspecified atom stereocenters. The Bertz CT molecular complexity index is 1300. The molecular formula is C25H23ClN4O6S. The maximum absolute atomic E-state index is 13.0. The highest BCUT2D eigenvalue weighted by atomic mass is 35.5. The van der Waals surface area contributed by atoms with Gasteiger partial charge in [-0.1, -0.05) is 41.6 Å². The van der Waals surface area contributed by atoms with Gasteiger partial charge in [-0.2, -0.15) is 5.26 Å². The molecule has 37 heavy (non-hydrogen) atoms. The number of carbonyl (C=O) groups is 2. The highest BCUT2D eigenvalue weighted by molar-refractivity contribution is 8.03. The van der Waals surface area contributed by atoms with Crippen LogP contribution in [-0.4, -0.2) is 42.9 Å². The molecule has 1 aliphatic heterocycles. The number of nitrogens with one attached hydrogen (secondary N) is 2. The van der Waals surface area contributed by atoms with Crippen LogP contribution >= 0.6 is 23.4 Å². The number of methoxy groups -OCH3 is 1. The number of non-ortho nitro benzene ring substituents is 1. The van der Waals surface area contributed by atoms with Gasteiger partial charge in [0, 0.05) is 35.6 Å². The lowest BCUT2D eigenvalue weighted by molar-refractivity contribution is -0.384. The molecule has 192 valence electrons. The van der Waals surface area contributed by atoms with Crippen molar-refractivity contribution in [1.82, 2.24) is 5.32 Å². The van der Waals surface area contributed by atoms with E-state index in [1.54, 1.807) is 31.2 Å². The van der Waals surface area contributed by atoms with Crippen molar-refractivity contribution < 1.29 is 24.0 Å². The molecule has 2 aromatic carbocycles. The van der Waals surface area contributed by atoms with E-state index in [1.165, 1.54) is 31.4 Å². The van der Waals surface area contributed by atoms with Crippen LogP contribution in [0.15, 0.2) is 70.4 Å². The Balaban J connectivity index is 1.85. The fraction of sp³-hybridized carbons (Fsp3) is 0.240. The molecule has 1 heterocycles. The highest BCUT2D eigenvalue weighted by Crippen LogP contribution is 2.43. The summed E-state index contributed by atoms with van der Waals surface area (Å²) in [5.74, 6) is -1.87. The number of nitriles is 1. The van der Waals surface area contributed by atoms with E-state index < -0.39 is 16.8 Å². The van der Waals surface area contributed by atoms with Gasteiger partial charge in [0.05, 0.1) is 45.4 Å². The molecule has 3 rings (SSSR count). The lowest BCUT2D eigenvalue weighted by Gasteiger charge is -2.29. The van der Waals surface area contributed by atoms with Crippen molar-refractivity contribution >= 4 is 46.6 Å². The standard InChI is InChI=1S/C25H23ClN4O6S/c1-15-22(25(32)36-12-11-35-2)23(18-5-3-4-6-20(18)26)19(13-27)24(28-15)37-14-21(31)29-16-7-9-17(10-8-16)30(33)34/h3-10,23,28H,11-12,14H2,1-2H3,(H,29,31). The van der Waals surface area contributed by atoms with Gasteiger partial charge in [-0.05, 0) is 30.7 Å². The average molecular weight is 543 g/mol. The number of amides is 1. The lowest BCUT2D eigenvalue weighted by Crippen LogP contribution is -2.30. The van der Waals surface area contributed by atoms with Crippen molar-refractivity contribution in [1.29, 1.82) is 5.26 Å². The molecule has 12 heteroatoms. The third kappa shape index (κ3) is 6.89. The van der Waals surface area contributed by atoms with E-state index in [2.05, 4.69) is 16.7 Å². The van der Waals surface area contributed by atoms with Crippen molar-refractivity contribution in [2.75, 3.05) is 31.4 Å². The third-order valence-electron chi connectivity index (χ3n) is 5.31. The van der Waals surface area contributed by atoms with Gasteiger partial charge in [0.15, 0.2) is 0 Å². The van der Waals surface area contributed by atoms with Crippen LogP contribution in [0.4, 0.5) is 11.4 Å². The number of nitrogens with zero attached hydrogens (tertiary/aromatic N) is 2. The first-order valence-corrected chi connectivity index (χ1v) is 12.3. The van der Waals surface area contributed by atoms with Crippen LogP contribution in [0.2, 0.25) is 5.02 Å². The van der Waals surface area contributed by atoms with Gasteiger partial charge in [0.25, 0.3) is 5.69 Å². The van der Waals surface area contributed by atoms with E-state index >= 15 is 0 Å². The second-order valence-corrected chi connectivity index (χ2v) is 9.14. The topological polar surface area (TPSA) is 144 Å². The van der Waals surface area contributed by atoms with E-state index in [0.717, 1.165) is 11.8 Å². The molecule has 1 aliphatic rings. The first-order valence-electron chi connectivity index (χ1n) is 11.0. The molecule has 0 bridgehead atoms. The molecule has 2 N–H and O–H groups in total. The minimum absolute atomic E-state index is 0.0391. The Morgan fingerprint density at radius 2 is 1.92 bits per heavy atom. The van der Waals surface area contributed by atoms with Gasteiger partial charge in [-0.15, -0.1) is 0 Å². The van der Waals surface area contributed by atoms with Crippen LogP contribution in [0, 0.1) is 21.4 Å². The summed E-state index contributed by atoms with van der Waals surface area (Å²) in [7, 11) is 1.49. The number of hydrogen-bond acceptors (Lipinski definition) is 9. The monoisotopic (exact) mass is 542 g/mol. The Kier molecular flexibility index (Phi) is 9.68. The SMILES string of the molecule is COCCOC(=O)C1=C(C)NC(SCC(=O)Nc2ccc([N+](=O)[O-])cc2)=C(C#N)C1c1ccccc1Cl. The fourth-order valence-electron chi connectivity index (χ4n) is 3.61. The summed E-state index contributed by atoms with van der Waals surface area (Å²) < 4.78 is 10.3. The Morgan fingerprint density at radius 1 is 1.22 bits per heavy atom. The summed E-state index contributed by atoms with van der Waals surface area (Å²) in [5.41, 5.74) is 1.77. The predicted octanol–water partition coefficient (Wildman–Crippen LogP) is 4.51. The van der Waals surface area contributed by atoms with Gasteiger partial charge >= 0.3 is 5.97 Å². The number of ether oxygens (including phenoxy) is 2. The number of hydrogen-bond donors (Lipinski definition) is 2. The molecular weight excluding hydrogens is 520 g/mol. The number of benzene rings is 2. The second kappa shape index (κ2) is 12.9. The zero-order valence-corrected chi connectivity index (χ0v) is 21.5. The highest BCUT2D eigenvalue weighted by Gasteiger charge is 2.36. The average Bonchev–Trinajstić information content (AvgIpc) is 2.87. The summed E-state index contributed by atoms with van der Waals surface area (Å²) in [6.45, 7) is 1.94. The smallest absolute Gasteiger partial charge is 0.336 e. The Morgan fingerprint density at radius 3 is 2.54 bits per heavy atom. The first-order chi connectivity index (χ1) is 17.8. The number of carbonyl (C=O) groups excluding carboxylic acids is 2. The molecule has 1 atom stereocenters. The van der Waals surface area contributed by atoms with Crippen molar-refractivity contribution in [3.05, 3.63) is 91.1 Å². The summed E-state index contributed by atoms with van der Waals surface area (Å²) in [4.78, 5) is 35.9. The van der Waals surface area contributed by atoms with Gasteiger partial charge in [0.1, 0.15) is 6.61 Å². The third-order valence-corrected chi connectivity index (χ3v) is 6.68. The van der Waals surface area contributed by atoms with Crippen LogP contribution in [-0.2, 0) is 19.1 Å². The molecule has 0 spiro atoms. The van der Waals surface area contributed by atoms with Crippen LogP contribution in [0.5, 0.6) is 0 Å². The van der Waals surface area contributed by atoms with Crippen LogP contribution in [0.25, 0.3) is 0 Å². The predicted molar refractivity (Wildman–Crippen MR) is 140 cm³/mol. The zero-order valence-electron chi connectivity index (χ0n) is 19.9. The second-order valence-electron chi connectivity index (χ2n) is 7.74. The minimum atomic E-state index is -0.810. The summed E-state index contributed by atoms with van der Waals surface area (Å²) in [6.07, 6.45) is 0. The molecule has 10 nitrogen and oxygen atoms in total. The molecule has 0 radical (unpaired) electrons. The molecule has 0 aromatic heterocycles. The van der Waals surface area contributed by atoms with Gasteiger partial charge < -0.3 is 20.1 Å². The number of halogens is 1. The zero-order chi connectivity index (χ0) is 26.9. The van der Waals surface area contributed by atoms with Crippen molar-refractivity contribution in [2.45, 2.75) is 12.8 Å². The number of esters is 1. The number of nitro benzene ring substituents is 1. The van der Waals surface area contributed by atoms with Gasteiger partial charge in [0.2, 0.25) is 5.91 Å². The molecule has 0 fully saturated rings. The molecule has 2 aromatic rings. The van der Waals surface area contributed by atoms with Crippen LogP contribution in [0.3, 0.4) is 0 Å². The Labute approximate surface area is 222 Å². The number of nitro groups is 1. The number of thioether (sulfide) groups is 1. The maximum atomic E-state index is 13.0. The van der Waals surface area contributed by atoms with E-state index in [4.69, 9.17) is 21.1 Å². The van der Waals surface area contributed by atoms with E-state index in [0.29, 0.717) is 27.0 Å². The van der Waals surface area contributed by atoms with Crippen molar-refractivity contribution in [2.24, 2.45) is 0 Å². The molecule has 0 aliphatic carbocycles. The maximum Gasteiger partial charge on any atom is 0.336 e. The molecule has 1 amide bonds. The lowest BCUT2D eigenvalue weighted by atomic mass is 9.82. The van der Waals surface area contributed by atoms with Gasteiger partial charge in [-0.25, -0.2) is 4.79 Å². The van der Waals surface area contributed by atoms with Crippen molar-refractivity contribution in [3.8, 4) is 6.07 Å².